The summed E-state index contributed by atoms with van der Waals surface area (Å²) in [4.78, 5) is 8.93. The highest BCUT2D eigenvalue weighted by atomic mass is 15.2. The summed E-state index contributed by atoms with van der Waals surface area (Å²) in [6.07, 6.45) is 3.71. The number of imidazole rings is 1. The molecule has 0 atom stereocenters. The van der Waals surface area contributed by atoms with Crippen molar-refractivity contribution in [1.29, 1.82) is 5.26 Å². The van der Waals surface area contributed by atoms with Crippen molar-refractivity contribution in [3.05, 3.63) is 58.5 Å². The molecule has 1 aliphatic heterocycles. The van der Waals surface area contributed by atoms with Crippen molar-refractivity contribution in [3.8, 4) is 6.07 Å². The van der Waals surface area contributed by atoms with Gasteiger partial charge in [0.25, 0.3) is 0 Å². The first-order chi connectivity index (χ1) is 11.3. The number of nitrogens with one attached hydrogen (secondary N) is 2. The number of nitriles is 1. The summed E-state index contributed by atoms with van der Waals surface area (Å²) in [6, 6.07) is 8.03. The van der Waals surface area contributed by atoms with Crippen LogP contribution in [0.2, 0.25) is 0 Å². The smallest absolute Gasteiger partial charge is 0.235 e. The van der Waals surface area contributed by atoms with E-state index in [-0.39, 0.29) is 0 Å². The summed E-state index contributed by atoms with van der Waals surface area (Å²) in [6.45, 7) is 4.24. The lowest BCUT2D eigenvalue weighted by Gasteiger charge is -2.13. The van der Waals surface area contributed by atoms with Crippen LogP contribution in [0, 0.1) is 18.3 Å². The van der Waals surface area contributed by atoms with Gasteiger partial charge in [-0.1, -0.05) is 12.1 Å². The van der Waals surface area contributed by atoms with Gasteiger partial charge in [-0.2, -0.15) is 10.2 Å². The molecule has 0 aliphatic carbocycles. The lowest BCUT2D eigenvalue weighted by molar-refractivity contribution is 0.753. The van der Waals surface area contributed by atoms with Crippen LogP contribution in [0.1, 0.15) is 27.9 Å². The molecule has 0 saturated carbocycles. The summed E-state index contributed by atoms with van der Waals surface area (Å²) >= 11 is 0. The van der Waals surface area contributed by atoms with Crippen molar-refractivity contribution in [3.63, 3.8) is 0 Å². The minimum absolute atomic E-state index is 0.637. The number of benzene rings is 1. The van der Waals surface area contributed by atoms with Crippen LogP contribution in [0.5, 0.6) is 0 Å². The summed E-state index contributed by atoms with van der Waals surface area (Å²) < 4.78 is 2.03. The van der Waals surface area contributed by atoms with E-state index in [0.717, 1.165) is 30.0 Å². The molecule has 0 spiro atoms. The van der Waals surface area contributed by atoms with Gasteiger partial charge >= 0.3 is 0 Å². The van der Waals surface area contributed by atoms with Crippen molar-refractivity contribution in [1.82, 2.24) is 19.7 Å². The first-order valence-corrected chi connectivity index (χ1v) is 7.56. The van der Waals surface area contributed by atoms with E-state index in [1.807, 2.05) is 35.7 Å². The van der Waals surface area contributed by atoms with Gasteiger partial charge in [-0.15, -0.1) is 0 Å². The van der Waals surface area contributed by atoms with Gasteiger partial charge in [0.15, 0.2) is 0 Å². The quantitative estimate of drug-likeness (QED) is 0.775. The Kier molecular flexibility index (Phi) is 3.21. The Morgan fingerprint density at radius 1 is 1.39 bits per heavy atom. The zero-order chi connectivity index (χ0) is 15.8. The third kappa shape index (κ3) is 2.22. The Bertz CT molecular complexity index is 934. The third-order valence-electron chi connectivity index (χ3n) is 4.36. The number of anilines is 1. The molecule has 3 aromatic rings. The highest BCUT2D eigenvalue weighted by Gasteiger charge is 2.20. The van der Waals surface area contributed by atoms with Crippen molar-refractivity contribution in [2.75, 3.05) is 5.32 Å². The molecule has 0 amide bonds. The fourth-order valence-electron chi connectivity index (χ4n) is 3.04. The van der Waals surface area contributed by atoms with Crippen molar-refractivity contribution in [2.45, 2.75) is 26.6 Å². The number of aromatic nitrogens is 3. The first-order valence-electron chi connectivity index (χ1n) is 7.56. The molecular weight excluding hydrogens is 288 g/mol. The molecule has 1 aromatic carbocycles. The predicted molar refractivity (Wildman–Crippen MR) is 86.8 cm³/mol. The molecule has 1 aliphatic rings. The van der Waals surface area contributed by atoms with Gasteiger partial charge < -0.3 is 10.6 Å². The van der Waals surface area contributed by atoms with Gasteiger partial charge in [0, 0.05) is 43.3 Å². The molecule has 4 rings (SSSR count). The standard InChI is InChI=1S/C17H16N6/c1-11-12(7-18)3-2-4-13(11)8-21-16-14-9-19-10-15(14)23-6-5-20-17(23)22-16/h2-6,19H,8-10H2,1H3,(H,20,21,22). The first kappa shape index (κ1) is 13.7. The van der Waals surface area contributed by atoms with Gasteiger partial charge in [-0.3, -0.25) is 4.40 Å². The second kappa shape index (κ2) is 5.38. The van der Waals surface area contributed by atoms with Crippen LogP contribution in [0.25, 0.3) is 5.78 Å². The van der Waals surface area contributed by atoms with E-state index in [4.69, 9.17) is 5.26 Å². The van der Waals surface area contributed by atoms with E-state index in [9.17, 15) is 0 Å². The maximum Gasteiger partial charge on any atom is 0.235 e. The fourth-order valence-corrected chi connectivity index (χ4v) is 3.04. The van der Waals surface area contributed by atoms with E-state index < -0.39 is 0 Å². The van der Waals surface area contributed by atoms with Gasteiger partial charge in [-0.25, -0.2) is 4.98 Å². The minimum atomic E-state index is 0.637. The largest absolute Gasteiger partial charge is 0.366 e. The molecule has 0 unspecified atom stereocenters. The van der Waals surface area contributed by atoms with Crippen molar-refractivity contribution in [2.24, 2.45) is 0 Å². The Morgan fingerprint density at radius 3 is 3.17 bits per heavy atom. The Hall–Kier alpha value is -2.91. The third-order valence-corrected chi connectivity index (χ3v) is 4.36. The Balaban J connectivity index is 1.68. The fraction of sp³-hybridized carbons (Fsp3) is 0.235. The summed E-state index contributed by atoms with van der Waals surface area (Å²) in [7, 11) is 0. The van der Waals surface area contributed by atoms with Gasteiger partial charge in [-0.05, 0) is 24.1 Å². The van der Waals surface area contributed by atoms with E-state index in [1.54, 1.807) is 6.20 Å². The maximum atomic E-state index is 9.15. The van der Waals surface area contributed by atoms with Crippen molar-refractivity contribution < 1.29 is 0 Å². The molecule has 0 bridgehead atoms. The highest BCUT2D eigenvalue weighted by molar-refractivity contribution is 5.55. The molecule has 6 nitrogen and oxygen atoms in total. The highest BCUT2D eigenvalue weighted by Crippen LogP contribution is 2.24. The average Bonchev–Trinajstić information content (AvgIpc) is 3.21. The summed E-state index contributed by atoms with van der Waals surface area (Å²) in [5.41, 5.74) is 5.22. The lowest BCUT2D eigenvalue weighted by Crippen LogP contribution is -2.09. The van der Waals surface area contributed by atoms with E-state index in [0.29, 0.717) is 17.9 Å². The molecule has 2 aromatic heterocycles. The van der Waals surface area contributed by atoms with Crippen LogP contribution in [0.4, 0.5) is 5.82 Å². The normalized spacial score (nSPS) is 13.0. The molecule has 0 saturated heterocycles. The molecule has 0 fully saturated rings. The van der Waals surface area contributed by atoms with E-state index in [2.05, 4.69) is 26.7 Å². The van der Waals surface area contributed by atoms with E-state index in [1.165, 1.54) is 11.3 Å². The Morgan fingerprint density at radius 2 is 2.30 bits per heavy atom. The Labute approximate surface area is 133 Å². The minimum Gasteiger partial charge on any atom is -0.366 e. The average molecular weight is 304 g/mol. The van der Waals surface area contributed by atoms with Crippen LogP contribution >= 0.6 is 0 Å². The maximum absolute atomic E-state index is 9.15. The summed E-state index contributed by atoms with van der Waals surface area (Å²) in [5, 5.41) is 15.9. The number of rotatable bonds is 3. The second-order valence-corrected chi connectivity index (χ2v) is 5.64. The predicted octanol–water partition coefficient (Wildman–Crippen LogP) is 2.12. The summed E-state index contributed by atoms with van der Waals surface area (Å²) in [5.74, 6) is 1.57. The molecule has 3 heterocycles. The van der Waals surface area contributed by atoms with Crippen LogP contribution in [-0.2, 0) is 19.6 Å². The van der Waals surface area contributed by atoms with Crippen LogP contribution < -0.4 is 10.6 Å². The number of hydrogen-bond acceptors (Lipinski definition) is 5. The van der Waals surface area contributed by atoms with Gasteiger partial charge in [0.2, 0.25) is 5.78 Å². The second-order valence-electron chi connectivity index (χ2n) is 5.64. The molecule has 0 radical (unpaired) electrons. The number of fused-ring (bicyclic) bond motifs is 3. The molecule has 23 heavy (non-hydrogen) atoms. The number of nitrogens with zero attached hydrogens (tertiary/aromatic N) is 4. The molecule has 2 N–H and O–H groups in total. The van der Waals surface area contributed by atoms with Crippen molar-refractivity contribution >= 4 is 11.6 Å². The zero-order valence-corrected chi connectivity index (χ0v) is 12.8. The zero-order valence-electron chi connectivity index (χ0n) is 12.8. The number of hydrogen-bond donors (Lipinski definition) is 2. The molecule has 114 valence electrons. The monoisotopic (exact) mass is 304 g/mol. The SMILES string of the molecule is Cc1c(C#N)cccc1CNc1nc2nccn2c2c1CNC2. The van der Waals surface area contributed by atoms with E-state index >= 15 is 0 Å². The van der Waals surface area contributed by atoms with Crippen LogP contribution in [-0.4, -0.2) is 14.4 Å². The molecule has 6 heteroatoms. The lowest BCUT2D eigenvalue weighted by atomic mass is 10.0. The molecular formula is C17H16N6. The topological polar surface area (TPSA) is 78.0 Å². The van der Waals surface area contributed by atoms with Gasteiger partial charge in [0.1, 0.15) is 5.82 Å². The van der Waals surface area contributed by atoms with Crippen LogP contribution in [0.15, 0.2) is 30.6 Å². The van der Waals surface area contributed by atoms with Crippen LogP contribution in [0.3, 0.4) is 0 Å². The van der Waals surface area contributed by atoms with Gasteiger partial charge in [0.05, 0.1) is 11.6 Å².